The molecule has 0 bridgehead atoms. The van der Waals surface area contributed by atoms with Crippen LogP contribution in [-0.2, 0) is 0 Å². The van der Waals surface area contributed by atoms with Crippen molar-refractivity contribution in [2.75, 3.05) is 18.0 Å². The minimum atomic E-state index is -0.333. The van der Waals surface area contributed by atoms with Crippen molar-refractivity contribution in [1.29, 1.82) is 0 Å². The molecule has 1 amide bonds. The molecule has 0 unspecified atom stereocenters. The van der Waals surface area contributed by atoms with Crippen LogP contribution in [0.15, 0.2) is 34.7 Å². The molecular formula is C16H19FN2O2. The third-order valence-corrected chi connectivity index (χ3v) is 3.24. The number of amides is 1. The number of hydrogen-bond acceptors (Lipinski definition) is 3. The van der Waals surface area contributed by atoms with Gasteiger partial charge in [0.15, 0.2) is 0 Å². The van der Waals surface area contributed by atoms with E-state index in [2.05, 4.69) is 0 Å². The van der Waals surface area contributed by atoms with E-state index in [0.29, 0.717) is 42.3 Å². The number of aryl methyl sites for hydroxylation is 2. The van der Waals surface area contributed by atoms with Gasteiger partial charge in [-0.05, 0) is 57.1 Å². The van der Waals surface area contributed by atoms with Gasteiger partial charge in [0, 0.05) is 12.2 Å². The highest BCUT2D eigenvalue weighted by atomic mass is 19.1. The number of furan rings is 1. The van der Waals surface area contributed by atoms with Gasteiger partial charge >= 0.3 is 0 Å². The van der Waals surface area contributed by atoms with Crippen molar-refractivity contribution in [3.8, 4) is 0 Å². The predicted molar refractivity (Wildman–Crippen MR) is 79.9 cm³/mol. The monoisotopic (exact) mass is 290 g/mol. The van der Waals surface area contributed by atoms with Crippen LogP contribution >= 0.6 is 0 Å². The summed E-state index contributed by atoms with van der Waals surface area (Å²) in [5.74, 6) is 0.774. The molecule has 2 N–H and O–H groups in total. The number of carbonyl (C=O) groups is 1. The van der Waals surface area contributed by atoms with E-state index in [1.54, 1.807) is 36.9 Å². The molecule has 0 aliphatic carbocycles. The second kappa shape index (κ2) is 6.54. The van der Waals surface area contributed by atoms with Crippen molar-refractivity contribution in [1.82, 2.24) is 0 Å². The second-order valence-corrected chi connectivity index (χ2v) is 4.90. The van der Waals surface area contributed by atoms with E-state index in [0.717, 1.165) is 0 Å². The third kappa shape index (κ3) is 3.49. The summed E-state index contributed by atoms with van der Waals surface area (Å²) in [5.41, 5.74) is 6.70. The maximum absolute atomic E-state index is 13.1. The van der Waals surface area contributed by atoms with Crippen molar-refractivity contribution < 1.29 is 13.6 Å². The van der Waals surface area contributed by atoms with Crippen LogP contribution in [0, 0.1) is 19.7 Å². The van der Waals surface area contributed by atoms with Crippen LogP contribution in [0.4, 0.5) is 10.1 Å². The van der Waals surface area contributed by atoms with Crippen LogP contribution in [0.25, 0.3) is 0 Å². The Bertz CT molecular complexity index is 620. The Labute approximate surface area is 123 Å². The predicted octanol–water partition coefficient (Wildman–Crippen LogP) is 3.03. The molecule has 0 fully saturated rings. The van der Waals surface area contributed by atoms with Gasteiger partial charge in [0.05, 0.1) is 5.56 Å². The lowest BCUT2D eigenvalue weighted by atomic mass is 10.2. The topological polar surface area (TPSA) is 59.5 Å². The number of hydrogen-bond donors (Lipinski definition) is 1. The van der Waals surface area contributed by atoms with Crippen LogP contribution < -0.4 is 10.6 Å². The molecule has 1 aromatic heterocycles. The SMILES string of the molecule is Cc1cc(C(=O)N(CCCN)c2ccc(F)cc2)c(C)o1. The zero-order valence-corrected chi connectivity index (χ0v) is 12.2. The number of benzene rings is 1. The molecule has 4 nitrogen and oxygen atoms in total. The van der Waals surface area contributed by atoms with Crippen LogP contribution in [0.2, 0.25) is 0 Å². The van der Waals surface area contributed by atoms with Crippen molar-refractivity contribution in [3.63, 3.8) is 0 Å². The molecule has 5 heteroatoms. The van der Waals surface area contributed by atoms with Gasteiger partial charge in [-0.2, -0.15) is 0 Å². The number of nitrogens with two attached hydrogens (primary N) is 1. The van der Waals surface area contributed by atoms with Crippen LogP contribution in [0.1, 0.15) is 28.3 Å². The minimum Gasteiger partial charge on any atom is -0.466 e. The van der Waals surface area contributed by atoms with E-state index >= 15 is 0 Å². The highest BCUT2D eigenvalue weighted by molar-refractivity contribution is 6.06. The van der Waals surface area contributed by atoms with E-state index in [1.807, 2.05) is 0 Å². The molecule has 2 rings (SSSR count). The zero-order valence-electron chi connectivity index (χ0n) is 12.2. The van der Waals surface area contributed by atoms with Gasteiger partial charge in [-0.25, -0.2) is 4.39 Å². The molecule has 21 heavy (non-hydrogen) atoms. The first-order chi connectivity index (χ1) is 10.0. The van der Waals surface area contributed by atoms with Crippen molar-refractivity contribution in [2.45, 2.75) is 20.3 Å². The van der Waals surface area contributed by atoms with Gasteiger partial charge in [0.2, 0.25) is 0 Å². The van der Waals surface area contributed by atoms with E-state index in [-0.39, 0.29) is 11.7 Å². The lowest BCUT2D eigenvalue weighted by molar-refractivity contribution is 0.0985. The van der Waals surface area contributed by atoms with Crippen LogP contribution in [0.3, 0.4) is 0 Å². The average molecular weight is 290 g/mol. The largest absolute Gasteiger partial charge is 0.466 e. The van der Waals surface area contributed by atoms with E-state index in [1.165, 1.54) is 12.1 Å². The van der Waals surface area contributed by atoms with Gasteiger partial charge in [-0.1, -0.05) is 0 Å². The van der Waals surface area contributed by atoms with E-state index in [4.69, 9.17) is 10.2 Å². The summed E-state index contributed by atoms with van der Waals surface area (Å²) in [6, 6.07) is 7.58. The quantitative estimate of drug-likeness (QED) is 0.920. The molecule has 0 saturated carbocycles. The Hall–Kier alpha value is -2.14. The molecule has 1 aromatic carbocycles. The van der Waals surface area contributed by atoms with E-state index < -0.39 is 0 Å². The number of rotatable bonds is 5. The van der Waals surface area contributed by atoms with Gasteiger partial charge in [-0.15, -0.1) is 0 Å². The number of nitrogens with zero attached hydrogens (tertiary/aromatic N) is 1. The number of carbonyl (C=O) groups excluding carboxylic acids is 1. The highest BCUT2D eigenvalue weighted by Crippen LogP contribution is 2.21. The summed E-state index contributed by atoms with van der Waals surface area (Å²) in [4.78, 5) is 14.3. The van der Waals surface area contributed by atoms with Crippen molar-refractivity contribution in [2.24, 2.45) is 5.73 Å². The summed E-state index contributed by atoms with van der Waals surface area (Å²) < 4.78 is 18.5. The van der Waals surface area contributed by atoms with Gasteiger partial charge in [0.1, 0.15) is 17.3 Å². The normalized spacial score (nSPS) is 10.7. The summed E-state index contributed by atoms with van der Waals surface area (Å²) >= 11 is 0. The first-order valence-electron chi connectivity index (χ1n) is 6.87. The van der Waals surface area contributed by atoms with Crippen LogP contribution in [0.5, 0.6) is 0 Å². The second-order valence-electron chi connectivity index (χ2n) is 4.90. The standard InChI is InChI=1S/C16H19FN2O2/c1-11-10-15(12(2)21-11)16(20)19(9-3-8-18)14-6-4-13(17)5-7-14/h4-7,10H,3,8-9,18H2,1-2H3. The van der Waals surface area contributed by atoms with Crippen LogP contribution in [-0.4, -0.2) is 19.0 Å². The Morgan fingerprint density at radius 3 is 2.48 bits per heavy atom. The number of halogens is 1. The van der Waals surface area contributed by atoms with Gasteiger partial charge in [-0.3, -0.25) is 4.79 Å². The Morgan fingerprint density at radius 2 is 1.95 bits per heavy atom. The molecule has 1 heterocycles. The highest BCUT2D eigenvalue weighted by Gasteiger charge is 2.21. The number of anilines is 1. The maximum Gasteiger partial charge on any atom is 0.261 e. The minimum absolute atomic E-state index is 0.163. The average Bonchev–Trinajstić information content (AvgIpc) is 2.79. The zero-order chi connectivity index (χ0) is 15.4. The Morgan fingerprint density at radius 1 is 1.29 bits per heavy atom. The van der Waals surface area contributed by atoms with Gasteiger partial charge in [0.25, 0.3) is 5.91 Å². The first kappa shape index (κ1) is 15.3. The lowest BCUT2D eigenvalue weighted by Gasteiger charge is -2.22. The molecular weight excluding hydrogens is 271 g/mol. The molecule has 0 aliphatic rings. The summed E-state index contributed by atoms with van der Waals surface area (Å²) in [6.07, 6.45) is 0.666. The molecule has 0 saturated heterocycles. The molecule has 0 aliphatic heterocycles. The fourth-order valence-electron chi connectivity index (χ4n) is 2.21. The van der Waals surface area contributed by atoms with E-state index in [9.17, 15) is 9.18 Å². The molecule has 0 spiro atoms. The van der Waals surface area contributed by atoms with Crippen molar-refractivity contribution in [3.05, 3.63) is 53.2 Å². The fraction of sp³-hybridized carbons (Fsp3) is 0.312. The smallest absolute Gasteiger partial charge is 0.261 e. The molecule has 0 atom stereocenters. The third-order valence-electron chi connectivity index (χ3n) is 3.24. The van der Waals surface area contributed by atoms with Gasteiger partial charge < -0.3 is 15.1 Å². The Balaban J connectivity index is 2.33. The summed E-state index contributed by atoms with van der Waals surface area (Å²) in [7, 11) is 0. The van der Waals surface area contributed by atoms with Crippen molar-refractivity contribution >= 4 is 11.6 Å². The lowest BCUT2D eigenvalue weighted by Crippen LogP contribution is -2.33. The molecule has 112 valence electrons. The molecule has 2 aromatic rings. The fourth-order valence-corrected chi connectivity index (χ4v) is 2.21. The molecule has 0 radical (unpaired) electrons. The summed E-state index contributed by atoms with van der Waals surface area (Å²) in [5, 5.41) is 0. The Kier molecular flexibility index (Phi) is 4.75. The maximum atomic E-state index is 13.1. The first-order valence-corrected chi connectivity index (χ1v) is 6.87. The summed E-state index contributed by atoms with van der Waals surface area (Å²) in [6.45, 7) is 4.51.